The van der Waals surface area contributed by atoms with Gasteiger partial charge in [-0.1, -0.05) is 12.1 Å². The van der Waals surface area contributed by atoms with Gasteiger partial charge in [0.1, 0.15) is 5.82 Å². The number of thiophene rings is 1. The second-order valence-electron chi connectivity index (χ2n) is 6.85. The Morgan fingerprint density at radius 2 is 1.93 bits per heavy atom. The topological polar surface area (TPSA) is 79.3 Å². The minimum atomic E-state index is -0.106. The quantitative estimate of drug-likeness (QED) is 0.530. The highest BCUT2D eigenvalue weighted by molar-refractivity contribution is 7.08. The minimum Gasteiger partial charge on any atom is -0.378 e. The second kappa shape index (κ2) is 9.88. The molecule has 8 heteroatoms. The van der Waals surface area contributed by atoms with E-state index in [0.29, 0.717) is 37.3 Å². The number of carbonyl (C=O) groups excluding carboxylic acids is 2. The molecule has 0 aliphatic rings. The molecule has 7 nitrogen and oxygen atoms in total. The molecule has 0 bridgehead atoms. The predicted octanol–water partition coefficient (Wildman–Crippen LogP) is 3.21. The summed E-state index contributed by atoms with van der Waals surface area (Å²) in [4.78, 5) is 26.2. The largest absolute Gasteiger partial charge is 0.378 e. The number of nitrogens with one attached hydrogen (secondary N) is 2. The Kier molecular flexibility index (Phi) is 7.02. The summed E-state index contributed by atoms with van der Waals surface area (Å²) >= 11 is 1.48. The van der Waals surface area contributed by atoms with Gasteiger partial charge in [0, 0.05) is 49.8 Å². The number of benzene rings is 1. The smallest absolute Gasteiger partial charge is 0.252 e. The third-order valence-corrected chi connectivity index (χ3v) is 5.10. The Morgan fingerprint density at radius 3 is 2.62 bits per heavy atom. The molecular weight excluding hydrogens is 386 g/mol. The van der Waals surface area contributed by atoms with Gasteiger partial charge in [0.05, 0.1) is 12.7 Å². The summed E-state index contributed by atoms with van der Waals surface area (Å²) in [5.74, 6) is 0.457. The first-order valence-electron chi connectivity index (χ1n) is 9.41. The monoisotopic (exact) mass is 411 g/mol. The number of nitrogens with zero attached hydrogens (tertiary/aromatic N) is 3. The molecule has 2 aromatic heterocycles. The average Bonchev–Trinajstić information content (AvgIpc) is 3.38. The lowest BCUT2D eigenvalue weighted by molar-refractivity contribution is -0.116. The van der Waals surface area contributed by atoms with Crippen LogP contribution >= 0.6 is 11.3 Å². The molecule has 0 fully saturated rings. The van der Waals surface area contributed by atoms with E-state index in [4.69, 9.17) is 0 Å². The van der Waals surface area contributed by atoms with Gasteiger partial charge in [0.15, 0.2) is 0 Å². The first-order valence-corrected chi connectivity index (χ1v) is 10.4. The molecule has 3 aromatic rings. The lowest BCUT2D eigenvalue weighted by Crippen LogP contribution is -2.25. The van der Waals surface area contributed by atoms with Crippen molar-refractivity contribution in [1.29, 1.82) is 0 Å². The molecule has 152 valence electrons. The van der Waals surface area contributed by atoms with Crippen molar-refractivity contribution in [2.45, 2.75) is 19.4 Å². The Balaban J connectivity index is 1.45. The van der Waals surface area contributed by atoms with E-state index in [1.807, 2.05) is 24.4 Å². The molecule has 0 unspecified atom stereocenters. The number of aromatic nitrogens is 2. The molecule has 29 heavy (non-hydrogen) atoms. The van der Waals surface area contributed by atoms with Crippen LogP contribution < -0.4 is 15.5 Å². The maximum Gasteiger partial charge on any atom is 0.252 e. The number of hydrogen-bond donors (Lipinski definition) is 2. The first kappa shape index (κ1) is 20.6. The zero-order chi connectivity index (χ0) is 20.6. The maximum atomic E-state index is 12.2. The summed E-state index contributed by atoms with van der Waals surface area (Å²) in [7, 11) is 4.01. The molecular formula is C21H25N5O2S. The van der Waals surface area contributed by atoms with E-state index in [2.05, 4.69) is 40.0 Å². The van der Waals surface area contributed by atoms with E-state index in [9.17, 15) is 9.59 Å². The second-order valence-corrected chi connectivity index (χ2v) is 7.63. The highest BCUT2D eigenvalue weighted by Gasteiger charge is 2.09. The molecule has 2 amide bonds. The van der Waals surface area contributed by atoms with Crippen LogP contribution in [-0.2, 0) is 11.3 Å². The van der Waals surface area contributed by atoms with Crippen molar-refractivity contribution in [1.82, 2.24) is 15.1 Å². The summed E-state index contributed by atoms with van der Waals surface area (Å²) in [5, 5.41) is 13.7. The first-order chi connectivity index (χ1) is 14.0. The Bertz CT molecular complexity index is 932. The van der Waals surface area contributed by atoms with E-state index in [-0.39, 0.29) is 11.8 Å². The Morgan fingerprint density at radius 1 is 1.14 bits per heavy atom. The van der Waals surface area contributed by atoms with Crippen molar-refractivity contribution < 1.29 is 9.59 Å². The van der Waals surface area contributed by atoms with Crippen molar-refractivity contribution >= 4 is 34.7 Å². The van der Waals surface area contributed by atoms with Crippen molar-refractivity contribution in [3.8, 4) is 0 Å². The van der Waals surface area contributed by atoms with E-state index in [0.717, 1.165) is 11.3 Å². The van der Waals surface area contributed by atoms with E-state index in [1.54, 1.807) is 28.4 Å². The van der Waals surface area contributed by atoms with Crippen LogP contribution in [0.25, 0.3) is 0 Å². The molecule has 3 rings (SSSR count). The summed E-state index contributed by atoms with van der Waals surface area (Å²) in [6.07, 6.45) is 2.57. The summed E-state index contributed by atoms with van der Waals surface area (Å²) in [6.45, 7) is 1.03. The molecule has 0 aliphatic carbocycles. The normalized spacial score (nSPS) is 10.6. The highest BCUT2D eigenvalue weighted by atomic mass is 32.1. The zero-order valence-corrected chi connectivity index (χ0v) is 17.4. The van der Waals surface area contributed by atoms with Crippen LogP contribution in [0.1, 0.15) is 28.8 Å². The number of anilines is 2. The zero-order valence-electron chi connectivity index (χ0n) is 16.6. The minimum absolute atomic E-state index is 0.0977. The Hall–Kier alpha value is -3.13. The van der Waals surface area contributed by atoms with Crippen LogP contribution in [0.4, 0.5) is 11.5 Å². The number of hydrogen-bond acceptors (Lipinski definition) is 5. The van der Waals surface area contributed by atoms with Crippen LogP contribution in [0, 0.1) is 0 Å². The van der Waals surface area contributed by atoms with Gasteiger partial charge in [-0.3, -0.25) is 9.59 Å². The fourth-order valence-electron chi connectivity index (χ4n) is 2.79. The van der Waals surface area contributed by atoms with Crippen molar-refractivity contribution in [3.05, 3.63) is 64.5 Å². The van der Waals surface area contributed by atoms with Crippen molar-refractivity contribution in [3.63, 3.8) is 0 Å². The van der Waals surface area contributed by atoms with E-state index < -0.39 is 0 Å². The van der Waals surface area contributed by atoms with Crippen LogP contribution in [-0.4, -0.2) is 42.2 Å². The van der Waals surface area contributed by atoms with Gasteiger partial charge in [0.2, 0.25) is 5.91 Å². The number of amides is 2. The molecule has 0 saturated heterocycles. The van der Waals surface area contributed by atoms with E-state index >= 15 is 0 Å². The van der Waals surface area contributed by atoms with Gasteiger partial charge in [-0.05, 0) is 35.6 Å². The lowest BCUT2D eigenvalue weighted by atomic mass is 10.2. The van der Waals surface area contributed by atoms with Gasteiger partial charge in [-0.2, -0.15) is 16.4 Å². The van der Waals surface area contributed by atoms with Crippen molar-refractivity contribution in [2.75, 3.05) is 30.9 Å². The summed E-state index contributed by atoms with van der Waals surface area (Å²) in [6, 6.07) is 11.8. The van der Waals surface area contributed by atoms with Gasteiger partial charge < -0.3 is 15.5 Å². The third kappa shape index (κ3) is 5.92. The number of rotatable bonds is 9. The molecule has 1 aromatic carbocycles. The fourth-order valence-corrected chi connectivity index (χ4v) is 3.43. The van der Waals surface area contributed by atoms with E-state index in [1.165, 1.54) is 11.3 Å². The van der Waals surface area contributed by atoms with Crippen LogP contribution in [0.3, 0.4) is 0 Å². The molecule has 0 radical (unpaired) electrons. The van der Waals surface area contributed by atoms with Gasteiger partial charge in [-0.15, -0.1) is 0 Å². The summed E-state index contributed by atoms with van der Waals surface area (Å²) in [5.41, 5.74) is 2.89. The van der Waals surface area contributed by atoms with Crippen LogP contribution in [0.15, 0.2) is 53.4 Å². The molecule has 0 aliphatic heterocycles. The molecule has 0 saturated carbocycles. The van der Waals surface area contributed by atoms with Crippen LogP contribution in [0.5, 0.6) is 0 Å². The highest BCUT2D eigenvalue weighted by Crippen LogP contribution is 2.15. The molecule has 2 heterocycles. The van der Waals surface area contributed by atoms with Crippen molar-refractivity contribution in [2.24, 2.45) is 0 Å². The lowest BCUT2D eigenvalue weighted by Gasteiger charge is -2.13. The predicted molar refractivity (Wildman–Crippen MR) is 117 cm³/mol. The summed E-state index contributed by atoms with van der Waals surface area (Å²) < 4.78 is 1.76. The average molecular weight is 412 g/mol. The third-order valence-electron chi connectivity index (χ3n) is 4.42. The van der Waals surface area contributed by atoms with Gasteiger partial charge >= 0.3 is 0 Å². The molecule has 2 N–H and O–H groups in total. The van der Waals surface area contributed by atoms with Gasteiger partial charge in [0.25, 0.3) is 5.91 Å². The van der Waals surface area contributed by atoms with Crippen LogP contribution in [0.2, 0.25) is 0 Å². The Labute approximate surface area is 174 Å². The molecule has 0 spiro atoms. The SMILES string of the molecule is CN(C)c1ccc(Cn2nccc2NC(=O)CCCNC(=O)c2ccsc2)cc1. The maximum absolute atomic E-state index is 12.2. The van der Waals surface area contributed by atoms with Gasteiger partial charge in [-0.25, -0.2) is 4.68 Å². The number of carbonyl (C=O) groups is 2. The fraction of sp³-hybridized carbons (Fsp3) is 0.286. The molecule has 0 atom stereocenters. The standard InChI is InChI=1S/C21H25N5O2S/c1-25(2)18-7-5-16(6-8-18)14-26-19(9-12-23-26)24-20(27)4-3-11-22-21(28)17-10-13-29-15-17/h5-10,12-13,15H,3-4,11,14H2,1-2H3,(H,22,28)(H,24,27).